The van der Waals surface area contributed by atoms with Crippen LogP contribution in [-0.2, 0) is 0 Å². The van der Waals surface area contributed by atoms with Crippen molar-refractivity contribution in [1.29, 1.82) is 0 Å². The summed E-state index contributed by atoms with van der Waals surface area (Å²) in [6.45, 7) is 5.35. The zero-order valence-electron chi connectivity index (χ0n) is 12.8. The Morgan fingerprint density at radius 3 is 2.76 bits per heavy atom. The van der Waals surface area contributed by atoms with Crippen LogP contribution in [0.2, 0.25) is 0 Å². The Morgan fingerprint density at radius 2 is 2.05 bits per heavy atom. The molecule has 21 heavy (non-hydrogen) atoms. The van der Waals surface area contributed by atoms with Crippen molar-refractivity contribution in [3.05, 3.63) is 30.1 Å². The number of nitrogens with one attached hydrogen (secondary N) is 2. The molecule has 5 nitrogen and oxygen atoms in total. The van der Waals surface area contributed by atoms with E-state index in [1.807, 2.05) is 13.0 Å². The van der Waals surface area contributed by atoms with E-state index in [9.17, 15) is 0 Å². The predicted molar refractivity (Wildman–Crippen MR) is 85.3 cm³/mol. The van der Waals surface area contributed by atoms with Crippen LogP contribution in [0.5, 0.6) is 0 Å². The lowest BCUT2D eigenvalue weighted by Gasteiger charge is -2.29. The Bertz CT molecular complexity index is 584. The Labute approximate surface area is 125 Å². The monoisotopic (exact) mass is 285 g/mol. The van der Waals surface area contributed by atoms with E-state index in [4.69, 9.17) is 0 Å². The maximum absolute atomic E-state index is 4.43. The number of hydrogen-bond acceptors (Lipinski definition) is 4. The summed E-state index contributed by atoms with van der Waals surface area (Å²) < 4.78 is 0. The fourth-order valence-electron chi connectivity index (χ4n) is 2.82. The number of rotatable bonds is 4. The third-order valence-electron chi connectivity index (χ3n) is 4.18. The average molecular weight is 285 g/mol. The fourth-order valence-corrected chi connectivity index (χ4v) is 2.82. The molecule has 0 saturated carbocycles. The summed E-state index contributed by atoms with van der Waals surface area (Å²) in [5.41, 5.74) is 2.19. The molecule has 0 radical (unpaired) electrons. The summed E-state index contributed by atoms with van der Waals surface area (Å²) in [5, 5.41) is 10.8. The van der Waals surface area contributed by atoms with E-state index in [0.29, 0.717) is 0 Å². The summed E-state index contributed by atoms with van der Waals surface area (Å²) in [6, 6.07) is 8.26. The van der Waals surface area contributed by atoms with Gasteiger partial charge in [0.2, 0.25) is 0 Å². The van der Waals surface area contributed by atoms with Crippen LogP contribution in [0.15, 0.2) is 24.3 Å². The standard InChI is InChI=1S/C16H23N5/c1-12-18-16(20-19-12)14-5-3-4-6-15(14)17-11-13-7-9-21(2)10-8-13/h3-6,13,17H,7-11H2,1-2H3,(H,18,19,20). The number of likely N-dealkylation sites (tertiary alicyclic amines) is 1. The van der Waals surface area contributed by atoms with Crippen molar-refractivity contribution >= 4 is 5.69 Å². The second-order valence-corrected chi connectivity index (χ2v) is 5.92. The van der Waals surface area contributed by atoms with Crippen LogP contribution >= 0.6 is 0 Å². The molecule has 112 valence electrons. The molecule has 1 fully saturated rings. The number of aryl methyl sites for hydroxylation is 1. The first-order valence-electron chi connectivity index (χ1n) is 7.63. The molecule has 1 aliphatic heterocycles. The third-order valence-corrected chi connectivity index (χ3v) is 4.18. The van der Waals surface area contributed by atoms with Gasteiger partial charge < -0.3 is 10.2 Å². The van der Waals surface area contributed by atoms with Crippen molar-refractivity contribution in [2.75, 3.05) is 32.0 Å². The van der Waals surface area contributed by atoms with Crippen LogP contribution in [0.1, 0.15) is 18.7 Å². The van der Waals surface area contributed by atoms with Crippen LogP contribution in [0.25, 0.3) is 11.4 Å². The first kappa shape index (κ1) is 14.1. The molecule has 0 unspecified atom stereocenters. The number of anilines is 1. The maximum Gasteiger partial charge on any atom is 0.183 e. The summed E-state index contributed by atoms with van der Waals surface area (Å²) in [7, 11) is 2.20. The normalized spacial score (nSPS) is 17.0. The van der Waals surface area contributed by atoms with Gasteiger partial charge in [0.15, 0.2) is 5.82 Å². The van der Waals surface area contributed by atoms with Crippen molar-refractivity contribution in [2.45, 2.75) is 19.8 Å². The van der Waals surface area contributed by atoms with Gasteiger partial charge in [-0.2, -0.15) is 5.10 Å². The summed E-state index contributed by atoms with van der Waals surface area (Å²) in [4.78, 5) is 6.84. The van der Waals surface area contributed by atoms with Gasteiger partial charge >= 0.3 is 0 Å². The Hall–Kier alpha value is -1.88. The molecule has 1 saturated heterocycles. The number of para-hydroxylation sites is 1. The van der Waals surface area contributed by atoms with Gasteiger partial charge in [0.05, 0.1) is 0 Å². The van der Waals surface area contributed by atoms with E-state index in [1.54, 1.807) is 0 Å². The Kier molecular flexibility index (Phi) is 4.20. The summed E-state index contributed by atoms with van der Waals surface area (Å²) >= 11 is 0. The van der Waals surface area contributed by atoms with Crippen LogP contribution in [0.4, 0.5) is 5.69 Å². The quantitative estimate of drug-likeness (QED) is 0.906. The van der Waals surface area contributed by atoms with Crippen LogP contribution in [-0.4, -0.2) is 46.8 Å². The van der Waals surface area contributed by atoms with Gasteiger partial charge in [-0.3, -0.25) is 5.10 Å². The van der Waals surface area contributed by atoms with Crippen molar-refractivity contribution in [1.82, 2.24) is 20.1 Å². The Balaban J connectivity index is 1.68. The number of aromatic amines is 1. The van der Waals surface area contributed by atoms with E-state index in [2.05, 4.69) is 50.6 Å². The van der Waals surface area contributed by atoms with E-state index in [1.165, 1.54) is 25.9 Å². The van der Waals surface area contributed by atoms with Crippen LogP contribution in [0, 0.1) is 12.8 Å². The molecule has 2 aromatic rings. The van der Waals surface area contributed by atoms with Crippen molar-refractivity contribution < 1.29 is 0 Å². The lowest BCUT2D eigenvalue weighted by atomic mass is 9.97. The first-order chi connectivity index (χ1) is 10.2. The van der Waals surface area contributed by atoms with Crippen LogP contribution in [0.3, 0.4) is 0 Å². The molecule has 0 atom stereocenters. The van der Waals surface area contributed by atoms with Crippen molar-refractivity contribution in [3.63, 3.8) is 0 Å². The predicted octanol–water partition coefficient (Wildman–Crippen LogP) is 2.53. The molecule has 0 aliphatic carbocycles. The topological polar surface area (TPSA) is 56.8 Å². The highest BCUT2D eigenvalue weighted by molar-refractivity contribution is 5.73. The molecule has 0 amide bonds. The lowest BCUT2D eigenvalue weighted by Crippen LogP contribution is -2.33. The van der Waals surface area contributed by atoms with Gasteiger partial charge in [0, 0.05) is 17.8 Å². The molecular weight excluding hydrogens is 262 g/mol. The molecule has 1 aromatic heterocycles. The fraction of sp³-hybridized carbons (Fsp3) is 0.500. The number of aromatic nitrogens is 3. The Morgan fingerprint density at radius 1 is 1.29 bits per heavy atom. The molecular formula is C16H23N5. The lowest BCUT2D eigenvalue weighted by molar-refractivity contribution is 0.226. The van der Waals surface area contributed by atoms with E-state index in [-0.39, 0.29) is 0 Å². The largest absolute Gasteiger partial charge is 0.384 e. The number of nitrogens with zero attached hydrogens (tertiary/aromatic N) is 3. The first-order valence-corrected chi connectivity index (χ1v) is 7.63. The highest BCUT2D eigenvalue weighted by atomic mass is 15.2. The van der Waals surface area contributed by atoms with Gasteiger partial charge in [-0.05, 0) is 58.0 Å². The zero-order chi connectivity index (χ0) is 14.7. The summed E-state index contributed by atoms with van der Waals surface area (Å²) in [5.74, 6) is 2.36. The minimum absolute atomic E-state index is 0.753. The number of hydrogen-bond donors (Lipinski definition) is 2. The van der Waals surface area contributed by atoms with Gasteiger partial charge in [0.25, 0.3) is 0 Å². The molecule has 1 aromatic carbocycles. The minimum Gasteiger partial charge on any atom is -0.384 e. The third kappa shape index (κ3) is 3.42. The highest BCUT2D eigenvalue weighted by Gasteiger charge is 2.17. The molecule has 2 N–H and O–H groups in total. The van der Waals surface area contributed by atoms with E-state index >= 15 is 0 Å². The van der Waals surface area contributed by atoms with Crippen LogP contribution < -0.4 is 5.32 Å². The number of piperidine rings is 1. The van der Waals surface area contributed by atoms with Gasteiger partial charge in [-0.25, -0.2) is 4.98 Å². The molecule has 5 heteroatoms. The van der Waals surface area contributed by atoms with Crippen molar-refractivity contribution in [3.8, 4) is 11.4 Å². The maximum atomic E-state index is 4.43. The van der Waals surface area contributed by atoms with Gasteiger partial charge in [0.1, 0.15) is 5.82 Å². The number of benzene rings is 1. The second-order valence-electron chi connectivity index (χ2n) is 5.92. The second kappa shape index (κ2) is 6.26. The SMILES string of the molecule is Cc1nc(-c2ccccc2NCC2CCN(C)CC2)n[nH]1. The van der Waals surface area contributed by atoms with Gasteiger partial charge in [-0.15, -0.1) is 0 Å². The average Bonchev–Trinajstić information content (AvgIpc) is 2.93. The molecule has 0 bridgehead atoms. The van der Waals surface area contributed by atoms with E-state index < -0.39 is 0 Å². The van der Waals surface area contributed by atoms with Crippen molar-refractivity contribution in [2.24, 2.45) is 5.92 Å². The van der Waals surface area contributed by atoms with Gasteiger partial charge in [-0.1, -0.05) is 12.1 Å². The molecule has 0 spiro atoms. The molecule has 3 rings (SSSR count). The number of H-pyrrole nitrogens is 1. The molecule has 1 aliphatic rings. The zero-order valence-corrected chi connectivity index (χ0v) is 12.8. The minimum atomic E-state index is 0.753. The van der Waals surface area contributed by atoms with E-state index in [0.717, 1.165) is 35.4 Å². The smallest absolute Gasteiger partial charge is 0.183 e. The molecule has 2 heterocycles. The highest BCUT2D eigenvalue weighted by Crippen LogP contribution is 2.26. The summed E-state index contributed by atoms with van der Waals surface area (Å²) in [6.07, 6.45) is 2.54.